The number of halogens is 2. The minimum atomic E-state index is -2.67. The standard InChI is InChI=1S/C17H26F2N2O3/c1-24-10-9-21-6-2-3-16(15(21)23)4-7-20(8-5-16)14(22)13-11-17(18,19)12-13/h13H,2-12H2,1H3. The summed E-state index contributed by atoms with van der Waals surface area (Å²) >= 11 is 0. The Balaban J connectivity index is 1.55. The largest absolute Gasteiger partial charge is 0.383 e. The summed E-state index contributed by atoms with van der Waals surface area (Å²) in [5, 5.41) is 0. The number of hydrogen-bond acceptors (Lipinski definition) is 3. The maximum Gasteiger partial charge on any atom is 0.249 e. The van der Waals surface area contributed by atoms with Crippen molar-refractivity contribution in [2.45, 2.75) is 44.4 Å². The van der Waals surface area contributed by atoms with Gasteiger partial charge in [0.15, 0.2) is 0 Å². The molecule has 3 rings (SSSR count). The smallest absolute Gasteiger partial charge is 0.249 e. The lowest BCUT2D eigenvalue weighted by Gasteiger charge is -2.47. The first kappa shape index (κ1) is 17.6. The third-order valence-electron chi connectivity index (χ3n) is 5.86. The van der Waals surface area contributed by atoms with Crippen LogP contribution in [0.4, 0.5) is 8.78 Å². The zero-order chi connectivity index (χ0) is 17.4. The highest BCUT2D eigenvalue weighted by atomic mass is 19.3. The Bertz CT molecular complexity index is 496. The molecule has 0 radical (unpaired) electrons. The third-order valence-corrected chi connectivity index (χ3v) is 5.86. The van der Waals surface area contributed by atoms with Crippen LogP contribution in [0.1, 0.15) is 38.5 Å². The number of likely N-dealkylation sites (tertiary alicyclic amines) is 2. The first-order valence-electron chi connectivity index (χ1n) is 8.82. The monoisotopic (exact) mass is 344 g/mol. The molecule has 2 amide bonds. The lowest BCUT2D eigenvalue weighted by molar-refractivity contribution is -0.165. The fourth-order valence-corrected chi connectivity index (χ4v) is 4.28. The van der Waals surface area contributed by atoms with Crippen molar-refractivity contribution in [3.8, 4) is 0 Å². The van der Waals surface area contributed by atoms with Crippen LogP contribution < -0.4 is 0 Å². The van der Waals surface area contributed by atoms with E-state index < -0.39 is 11.8 Å². The summed E-state index contributed by atoms with van der Waals surface area (Å²) in [6.07, 6.45) is 2.47. The predicted molar refractivity (Wildman–Crippen MR) is 83.6 cm³/mol. The van der Waals surface area contributed by atoms with Crippen molar-refractivity contribution in [3.05, 3.63) is 0 Å². The van der Waals surface area contributed by atoms with E-state index in [4.69, 9.17) is 4.74 Å². The first-order valence-corrected chi connectivity index (χ1v) is 8.82. The van der Waals surface area contributed by atoms with Gasteiger partial charge in [0.05, 0.1) is 12.0 Å². The molecule has 2 aliphatic heterocycles. The van der Waals surface area contributed by atoms with E-state index >= 15 is 0 Å². The van der Waals surface area contributed by atoms with E-state index in [1.54, 1.807) is 12.0 Å². The Morgan fingerprint density at radius 2 is 1.88 bits per heavy atom. The molecule has 5 nitrogen and oxygen atoms in total. The Morgan fingerprint density at radius 1 is 1.21 bits per heavy atom. The van der Waals surface area contributed by atoms with Crippen molar-refractivity contribution in [1.82, 2.24) is 9.80 Å². The molecule has 0 aromatic rings. The van der Waals surface area contributed by atoms with Gasteiger partial charge in [-0.2, -0.15) is 0 Å². The quantitative estimate of drug-likeness (QED) is 0.783. The van der Waals surface area contributed by atoms with Gasteiger partial charge in [0.2, 0.25) is 17.7 Å². The van der Waals surface area contributed by atoms with Gasteiger partial charge in [-0.15, -0.1) is 0 Å². The van der Waals surface area contributed by atoms with Gasteiger partial charge in [0.1, 0.15) is 0 Å². The molecule has 0 aromatic carbocycles. The van der Waals surface area contributed by atoms with Crippen molar-refractivity contribution in [2.24, 2.45) is 11.3 Å². The van der Waals surface area contributed by atoms with E-state index in [2.05, 4.69) is 0 Å². The van der Waals surface area contributed by atoms with Crippen LogP contribution in [-0.4, -0.2) is 67.4 Å². The Labute approximate surface area is 141 Å². The van der Waals surface area contributed by atoms with Gasteiger partial charge in [-0.25, -0.2) is 8.78 Å². The summed E-state index contributed by atoms with van der Waals surface area (Å²) in [4.78, 5) is 28.7. The molecule has 7 heteroatoms. The van der Waals surface area contributed by atoms with Gasteiger partial charge >= 0.3 is 0 Å². The highest BCUT2D eigenvalue weighted by molar-refractivity contribution is 5.85. The summed E-state index contributed by atoms with van der Waals surface area (Å²) < 4.78 is 31.0. The molecule has 0 aromatic heterocycles. The number of carbonyl (C=O) groups excluding carboxylic acids is 2. The van der Waals surface area contributed by atoms with Gasteiger partial charge in [0.25, 0.3) is 0 Å². The van der Waals surface area contributed by atoms with E-state index in [0.29, 0.717) is 39.1 Å². The van der Waals surface area contributed by atoms with E-state index in [1.165, 1.54) is 0 Å². The van der Waals surface area contributed by atoms with Crippen molar-refractivity contribution in [2.75, 3.05) is 39.9 Å². The second-order valence-electron chi connectivity index (χ2n) is 7.46. The van der Waals surface area contributed by atoms with Gasteiger partial charge < -0.3 is 14.5 Å². The number of nitrogens with zero attached hydrogens (tertiary/aromatic N) is 2. The lowest BCUT2D eigenvalue weighted by atomic mass is 9.71. The highest BCUT2D eigenvalue weighted by Gasteiger charge is 2.51. The Hall–Kier alpha value is -1.24. The van der Waals surface area contributed by atoms with Gasteiger partial charge in [0, 0.05) is 52.0 Å². The zero-order valence-electron chi connectivity index (χ0n) is 14.2. The minimum Gasteiger partial charge on any atom is -0.383 e. The van der Waals surface area contributed by atoms with Crippen LogP contribution in [0.3, 0.4) is 0 Å². The normalized spacial score (nSPS) is 26.5. The maximum absolute atomic E-state index is 13.0. The maximum atomic E-state index is 13.0. The molecule has 0 unspecified atom stereocenters. The topological polar surface area (TPSA) is 49.9 Å². The molecule has 1 spiro atoms. The number of piperidine rings is 2. The molecular weight excluding hydrogens is 318 g/mol. The van der Waals surface area contributed by atoms with Crippen LogP contribution >= 0.6 is 0 Å². The zero-order valence-corrected chi connectivity index (χ0v) is 14.2. The Morgan fingerprint density at radius 3 is 2.46 bits per heavy atom. The number of carbonyl (C=O) groups is 2. The Kier molecular flexibility index (Phi) is 4.82. The van der Waals surface area contributed by atoms with Crippen LogP contribution in [0.5, 0.6) is 0 Å². The summed E-state index contributed by atoms with van der Waals surface area (Å²) in [6.45, 7) is 2.92. The van der Waals surface area contributed by atoms with Crippen LogP contribution in [0.25, 0.3) is 0 Å². The molecule has 0 atom stereocenters. The second-order valence-corrected chi connectivity index (χ2v) is 7.46. The molecular formula is C17H26F2N2O3. The molecule has 136 valence electrons. The average Bonchev–Trinajstić information content (AvgIpc) is 2.54. The average molecular weight is 344 g/mol. The number of alkyl halides is 2. The van der Waals surface area contributed by atoms with E-state index in [-0.39, 0.29) is 30.1 Å². The second kappa shape index (κ2) is 6.58. The van der Waals surface area contributed by atoms with Gasteiger partial charge in [-0.1, -0.05) is 0 Å². The van der Waals surface area contributed by atoms with Crippen LogP contribution in [-0.2, 0) is 14.3 Å². The molecule has 24 heavy (non-hydrogen) atoms. The van der Waals surface area contributed by atoms with E-state index in [1.807, 2.05) is 4.90 Å². The number of methoxy groups -OCH3 is 1. The molecule has 3 fully saturated rings. The summed E-state index contributed by atoms with van der Waals surface area (Å²) in [6, 6.07) is 0. The molecule has 2 saturated heterocycles. The van der Waals surface area contributed by atoms with Crippen molar-refractivity contribution in [3.63, 3.8) is 0 Å². The predicted octanol–water partition coefficient (Wildman–Crippen LogP) is 1.91. The summed E-state index contributed by atoms with van der Waals surface area (Å²) in [5.74, 6) is -3.18. The van der Waals surface area contributed by atoms with Crippen LogP contribution in [0, 0.1) is 11.3 Å². The fraction of sp³-hybridized carbons (Fsp3) is 0.882. The molecule has 2 heterocycles. The van der Waals surface area contributed by atoms with E-state index in [0.717, 1.165) is 19.4 Å². The first-order chi connectivity index (χ1) is 11.4. The van der Waals surface area contributed by atoms with Gasteiger partial charge in [-0.05, 0) is 25.7 Å². The molecule has 0 bridgehead atoms. The number of ether oxygens (including phenoxy) is 1. The van der Waals surface area contributed by atoms with Crippen molar-refractivity contribution >= 4 is 11.8 Å². The third kappa shape index (κ3) is 3.27. The van der Waals surface area contributed by atoms with Crippen LogP contribution in [0.2, 0.25) is 0 Å². The minimum absolute atomic E-state index is 0.157. The van der Waals surface area contributed by atoms with Crippen molar-refractivity contribution in [1.29, 1.82) is 0 Å². The summed E-state index contributed by atoms with van der Waals surface area (Å²) in [7, 11) is 1.62. The molecule has 3 aliphatic rings. The number of hydrogen-bond donors (Lipinski definition) is 0. The molecule has 1 saturated carbocycles. The highest BCUT2D eigenvalue weighted by Crippen LogP contribution is 2.45. The number of rotatable bonds is 4. The fourth-order valence-electron chi connectivity index (χ4n) is 4.28. The van der Waals surface area contributed by atoms with E-state index in [9.17, 15) is 18.4 Å². The molecule has 0 N–H and O–H groups in total. The lowest BCUT2D eigenvalue weighted by Crippen LogP contribution is -2.56. The summed E-state index contributed by atoms with van der Waals surface area (Å²) in [5.41, 5.74) is -0.369. The SMILES string of the molecule is COCCN1CCCC2(CCN(C(=O)C3CC(F)(F)C3)CC2)C1=O. The molecule has 1 aliphatic carbocycles. The number of amides is 2. The van der Waals surface area contributed by atoms with Crippen molar-refractivity contribution < 1.29 is 23.1 Å². The van der Waals surface area contributed by atoms with Gasteiger partial charge in [-0.3, -0.25) is 9.59 Å². The van der Waals surface area contributed by atoms with Crippen LogP contribution in [0.15, 0.2) is 0 Å².